The largest absolute Gasteiger partial charge is 0.461 e. The SMILES string of the molecule is Cc1cccc(COC(=O)CCC(=O)OCc2cccc(C)c2[N+](=O)[O-])c1[N+](=O)[O-]. The lowest BCUT2D eigenvalue weighted by atomic mass is 10.1. The third kappa shape index (κ3) is 5.84. The highest BCUT2D eigenvalue weighted by Gasteiger charge is 2.20. The molecule has 0 amide bonds. The van der Waals surface area contributed by atoms with Crippen LogP contribution in [0.15, 0.2) is 36.4 Å². The van der Waals surface area contributed by atoms with Crippen LogP contribution in [0.3, 0.4) is 0 Å². The predicted molar refractivity (Wildman–Crippen MR) is 104 cm³/mol. The summed E-state index contributed by atoms with van der Waals surface area (Å²) >= 11 is 0. The number of aryl methyl sites for hydroxylation is 2. The predicted octanol–water partition coefficient (Wildman–Crippen LogP) is 3.69. The molecule has 0 aromatic heterocycles. The van der Waals surface area contributed by atoms with Crippen LogP contribution in [0.4, 0.5) is 11.4 Å². The first-order valence-corrected chi connectivity index (χ1v) is 8.97. The highest BCUT2D eigenvalue weighted by Crippen LogP contribution is 2.25. The van der Waals surface area contributed by atoms with E-state index < -0.39 is 21.8 Å². The van der Waals surface area contributed by atoms with Gasteiger partial charge in [0.05, 0.1) is 33.8 Å². The van der Waals surface area contributed by atoms with Gasteiger partial charge in [0, 0.05) is 11.1 Å². The van der Waals surface area contributed by atoms with Crippen LogP contribution in [0.2, 0.25) is 0 Å². The van der Waals surface area contributed by atoms with Gasteiger partial charge in [-0.05, 0) is 26.0 Å². The molecule has 2 rings (SSSR count). The van der Waals surface area contributed by atoms with Gasteiger partial charge in [0.2, 0.25) is 0 Å². The zero-order valence-electron chi connectivity index (χ0n) is 16.5. The first kappa shape index (κ1) is 22.5. The van der Waals surface area contributed by atoms with Gasteiger partial charge in [-0.15, -0.1) is 0 Å². The molecule has 10 nitrogen and oxygen atoms in total. The second-order valence-corrected chi connectivity index (χ2v) is 6.50. The second-order valence-electron chi connectivity index (χ2n) is 6.50. The summed E-state index contributed by atoms with van der Waals surface area (Å²) in [5, 5.41) is 22.3. The minimum absolute atomic E-state index is 0.121. The van der Waals surface area contributed by atoms with E-state index in [9.17, 15) is 29.8 Å². The molecule has 0 unspecified atom stereocenters. The third-order valence-electron chi connectivity index (χ3n) is 4.32. The van der Waals surface area contributed by atoms with Crippen molar-refractivity contribution in [1.29, 1.82) is 0 Å². The van der Waals surface area contributed by atoms with Crippen molar-refractivity contribution in [2.24, 2.45) is 0 Å². The van der Waals surface area contributed by atoms with Crippen LogP contribution in [0.1, 0.15) is 35.1 Å². The highest BCUT2D eigenvalue weighted by molar-refractivity contribution is 5.77. The van der Waals surface area contributed by atoms with Crippen molar-refractivity contribution >= 4 is 23.3 Å². The van der Waals surface area contributed by atoms with Gasteiger partial charge in [0.1, 0.15) is 13.2 Å². The van der Waals surface area contributed by atoms with Gasteiger partial charge in [0.25, 0.3) is 11.4 Å². The summed E-state index contributed by atoms with van der Waals surface area (Å²) in [5.74, 6) is -1.44. The quantitative estimate of drug-likeness (QED) is 0.343. The van der Waals surface area contributed by atoms with Crippen LogP contribution in [-0.4, -0.2) is 21.8 Å². The van der Waals surface area contributed by atoms with Gasteiger partial charge in [-0.3, -0.25) is 29.8 Å². The van der Waals surface area contributed by atoms with Crippen molar-refractivity contribution in [1.82, 2.24) is 0 Å². The number of rotatable bonds is 9. The van der Waals surface area contributed by atoms with Crippen LogP contribution in [0.25, 0.3) is 0 Å². The molecule has 0 N–H and O–H groups in total. The van der Waals surface area contributed by atoms with Crippen molar-refractivity contribution in [2.75, 3.05) is 0 Å². The minimum Gasteiger partial charge on any atom is -0.461 e. The van der Waals surface area contributed by atoms with E-state index >= 15 is 0 Å². The lowest BCUT2D eigenvalue weighted by Crippen LogP contribution is -2.11. The Morgan fingerprint density at radius 3 is 1.47 bits per heavy atom. The Hall–Kier alpha value is -3.82. The molecular formula is C20H20N2O8. The van der Waals surface area contributed by atoms with Crippen LogP contribution < -0.4 is 0 Å². The van der Waals surface area contributed by atoms with Gasteiger partial charge in [-0.1, -0.05) is 24.3 Å². The monoisotopic (exact) mass is 416 g/mol. The molecule has 0 fully saturated rings. The number of carbonyl (C=O) groups is 2. The molecule has 0 aliphatic carbocycles. The highest BCUT2D eigenvalue weighted by atomic mass is 16.6. The molecule has 0 saturated carbocycles. The number of hydrogen-bond acceptors (Lipinski definition) is 8. The molecule has 10 heteroatoms. The molecule has 0 saturated heterocycles. The molecular weight excluding hydrogens is 396 g/mol. The summed E-state index contributed by atoms with van der Waals surface area (Å²) in [6, 6.07) is 9.37. The smallest absolute Gasteiger partial charge is 0.306 e. The van der Waals surface area contributed by atoms with Gasteiger partial charge in [-0.25, -0.2) is 0 Å². The Morgan fingerprint density at radius 2 is 1.13 bits per heavy atom. The van der Waals surface area contributed by atoms with Crippen LogP contribution >= 0.6 is 0 Å². The number of nitro groups is 2. The van der Waals surface area contributed by atoms with Crippen molar-refractivity contribution in [3.63, 3.8) is 0 Å². The lowest BCUT2D eigenvalue weighted by molar-refractivity contribution is -0.386. The van der Waals surface area contributed by atoms with Gasteiger partial charge < -0.3 is 9.47 Å². The molecule has 0 spiro atoms. The van der Waals surface area contributed by atoms with Crippen molar-refractivity contribution < 1.29 is 28.9 Å². The molecule has 0 atom stereocenters. The fourth-order valence-electron chi connectivity index (χ4n) is 2.86. The first-order valence-electron chi connectivity index (χ1n) is 8.97. The lowest BCUT2D eigenvalue weighted by Gasteiger charge is -2.08. The first-order chi connectivity index (χ1) is 14.2. The second kappa shape index (κ2) is 10.1. The number of nitrogens with zero attached hydrogens (tertiary/aromatic N) is 2. The maximum atomic E-state index is 11.9. The zero-order chi connectivity index (χ0) is 22.3. The van der Waals surface area contributed by atoms with Crippen molar-refractivity contribution in [3.8, 4) is 0 Å². The molecule has 158 valence electrons. The standard InChI is InChI=1S/C20H20N2O8/c1-13-5-3-7-15(19(13)21(25)26)11-29-17(23)9-10-18(24)30-12-16-8-4-6-14(2)20(16)22(27)28/h3-8H,9-12H2,1-2H3. The van der Waals surface area contributed by atoms with Gasteiger partial charge >= 0.3 is 11.9 Å². The summed E-state index contributed by atoms with van der Waals surface area (Å²) in [4.78, 5) is 44.9. The van der Waals surface area contributed by atoms with E-state index in [1.54, 1.807) is 38.1 Å². The van der Waals surface area contributed by atoms with E-state index in [1.807, 2.05) is 0 Å². The Labute approximate surface area is 171 Å². The molecule has 0 aliphatic rings. The number of hydrogen-bond donors (Lipinski definition) is 0. The van der Waals surface area contributed by atoms with Gasteiger partial charge in [-0.2, -0.15) is 0 Å². The molecule has 2 aromatic rings. The number of para-hydroxylation sites is 2. The molecule has 0 bridgehead atoms. The van der Waals surface area contributed by atoms with E-state index in [-0.39, 0.29) is 48.6 Å². The number of esters is 2. The van der Waals surface area contributed by atoms with E-state index in [0.29, 0.717) is 11.1 Å². The summed E-state index contributed by atoms with van der Waals surface area (Å²) in [7, 11) is 0. The van der Waals surface area contributed by atoms with Crippen LogP contribution in [0.5, 0.6) is 0 Å². The zero-order valence-corrected chi connectivity index (χ0v) is 16.5. The number of benzene rings is 2. The van der Waals surface area contributed by atoms with E-state index in [0.717, 1.165) is 0 Å². The topological polar surface area (TPSA) is 139 Å². The summed E-state index contributed by atoms with van der Waals surface area (Å²) in [6.45, 7) is 2.58. The molecule has 0 heterocycles. The molecule has 0 radical (unpaired) electrons. The average molecular weight is 416 g/mol. The molecule has 0 aliphatic heterocycles. The maximum Gasteiger partial charge on any atom is 0.306 e. The minimum atomic E-state index is -0.718. The Bertz CT molecular complexity index is 907. The summed E-state index contributed by atoms with van der Waals surface area (Å²) in [5.41, 5.74) is 1.16. The summed E-state index contributed by atoms with van der Waals surface area (Å²) < 4.78 is 10.0. The van der Waals surface area contributed by atoms with Gasteiger partial charge in [0.15, 0.2) is 0 Å². The molecule has 2 aromatic carbocycles. The Kier molecular flexibility index (Phi) is 7.56. The van der Waals surface area contributed by atoms with E-state index in [1.165, 1.54) is 12.1 Å². The average Bonchev–Trinajstić information content (AvgIpc) is 2.68. The van der Waals surface area contributed by atoms with Crippen LogP contribution in [-0.2, 0) is 32.3 Å². The van der Waals surface area contributed by atoms with Crippen molar-refractivity contribution in [3.05, 3.63) is 78.9 Å². The van der Waals surface area contributed by atoms with E-state index in [4.69, 9.17) is 9.47 Å². The number of carbonyl (C=O) groups excluding carboxylic acids is 2. The molecule has 30 heavy (non-hydrogen) atoms. The number of ether oxygens (including phenoxy) is 2. The number of nitro benzene ring substituents is 2. The van der Waals surface area contributed by atoms with Crippen molar-refractivity contribution in [2.45, 2.75) is 39.9 Å². The summed E-state index contributed by atoms with van der Waals surface area (Å²) in [6.07, 6.45) is -0.567. The van der Waals surface area contributed by atoms with E-state index in [2.05, 4.69) is 0 Å². The fourth-order valence-corrected chi connectivity index (χ4v) is 2.86. The fraction of sp³-hybridized carbons (Fsp3) is 0.300. The van der Waals surface area contributed by atoms with Crippen LogP contribution in [0, 0.1) is 34.1 Å². The maximum absolute atomic E-state index is 11.9. The third-order valence-corrected chi connectivity index (χ3v) is 4.32. The normalized spacial score (nSPS) is 10.3. The Morgan fingerprint density at radius 1 is 0.767 bits per heavy atom. The Balaban J connectivity index is 1.84.